The summed E-state index contributed by atoms with van der Waals surface area (Å²) in [5, 5.41) is 30.0. The van der Waals surface area contributed by atoms with Crippen LogP contribution in [0.3, 0.4) is 0 Å². The Balaban J connectivity index is 3.42. The van der Waals surface area contributed by atoms with Gasteiger partial charge in [-0.3, -0.25) is 0 Å². The molecular weight excluding hydrogens is 314 g/mol. The number of nitrogens with one attached hydrogen (secondary N) is 1. The maximum absolute atomic E-state index is 12.1. The average molecular weight is 333 g/mol. The van der Waals surface area contributed by atoms with Gasteiger partial charge >= 0.3 is 5.97 Å². The zero-order chi connectivity index (χ0) is 16.9. The van der Waals surface area contributed by atoms with Crippen LogP contribution < -0.4 is 10.1 Å². The molecule has 9 heteroatoms. The normalized spacial score (nSPS) is 12.7. The van der Waals surface area contributed by atoms with Crippen molar-refractivity contribution in [1.29, 1.82) is 0 Å². The van der Waals surface area contributed by atoms with Gasteiger partial charge in [0, 0.05) is 12.6 Å². The molecule has 0 aromatic heterocycles. The lowest BCUT2D eigenvalue weighted by molar-refractivity contribution is 0.0693. The van der Waals surface area contributed by atoms with E-state index in [-0.39, 0.29) is 34.2 Å². The number of rotatable bonds is 8. The molecule has 0 saturated heterocycles. The van der Waals surface area contributed by atoms with E-state index < -0.39 is 28.5 Å². The molecule has 0 bridgehead atoms. The minimum absolute atomic E-state index is 0.0106. The summed E-state index contributed by atoms with van der Waals surface area (Å²) in [7, 11) is -2.42. The van der Waals surface area contributed by atoms with Gasteiger partial charge in [0.1, 0.15) is 11.3 Å². The largest absolute Gasteiger partial charge is 0.496 e. The first-order valence-electron chi connectivity index (χ1n) is 6.47. The van der Waals surface area contributed by atoms with Crippen LogP contribution >= 0.6 is 0 Å². The Labute approximate surface area is 128 Å². The first-order chi connectivity index (χ1) is 10.3. The Hall–Kier alpha value is -1.84. The Bertz CT molecular complexity index is 642. The smallest absolute Gasteiger partial charge is 0.339 e. The molecule has 1 rings (SSSR count). The highest BCUT2D eigenvalue weighted by Gasteiger charge is 2.23. The number of carboxylic acids is 1. The van der Waals surface area contributed by atoms with Crippen LogP contribution in [-0.4, -0.2) is 61.8 Å². The molecule has 124 valence electrons. The Morgan fingerprint density at radius 1 is 1.41 bits per heavy atom. The van der Waals surface area contributed by atoms with Gasteiger partial charge < -0.3 is 25.4 Å². The Kier molecular flexibility index (Phi) is 6.15. The molecule has 0 aliphatic heterocycles. The van der Waals surface area contributed by atoms with Gasteiger partial charge in [-0.05, 0) is 6.07 Å². The van der Waals surface area contributed by atoms with E-state index in [2.05, 4.69) is 5.32 Å². The third-order valence-corrected chi connectivity index (χ3v) is 4.75. The second-order valence-electron chi connectivity index (χ2n) is 4.47. The van der Waals surface area contributed by atoms with Crippen molar-refractivity contribution in [2.75, 3.05) is 31.3 Å². The molecule has 0 radical (unpaired) electrons. The molecule has 0 spiro atoms. The lowest BCUT2D eigenvalue weighted by Crippen LogP contribution is -2.24. The number of aliphatic hydroxyl groups is 2. The van der Waals surface area contributed by atoms with E-state index in [4.69, 9.17) is 14.9 Å². The monoisotopic (exact) mass is 333 g/mol. The van der Waals surface area contributed by atoms with Gasteiger partial charge in [0.05, 0.1) is 36.2 Å². The van der Waals surface area contributed by atoms with Crippen molar-refractivity contribution in [1.82, 2.24) is 0 Å². The van der Waals surface area contributed by atoms with Gasteiger partial charge in [-0.15, -0.1) is 0 Å². The van der Waals surface area contributed by atoms with Crippen LogP contribution in [0.2, 0.25) is 0 Å². The van der Waals surface area contributed by atoms with E-state index in [1.165, 1.54) is 20.1 Å². The minimum Gasteiger partial charge on any atom is -0.496 e. The van der Waals surface area contributed by atoms with Crippen LogP contribution in [0.1, 0.15) is 17.3 Å². The van der Waals surface area contributed by atoms with Crippen LogP contribution in [0.5, 0.6) is 5.75 Å². The molecule has 0 amide bonds. The second-order valence-corrected chi connectivity index (χ2v) is 6.72. The highest BCUT2D eigenvalue weighted by molar-refractivity contribution is 7.91. The van der Waals surface area contributed by atoms with Crippen molar-refractivity contribution in [2.24, 2.45) is 0 Å². The van der Waals surface area contributed by atoms with Gasteiger partial charge in [-0.2, -0.15) is 0 Å². The molecule has 0 saturated carbocycles. The number of aliphatic hydroxyl groups excluding tert-OH is 2. The summed E-state index contributed by atoms with van der Waals surface area (Å²) in [5.74, 6) is -1.54. The predicted molar refractivity (Wildman–Crippen MR) is 79.3 cm³/mol. The number of methoxy groups -OCH3 is 1. The summed E-state index contributed by atoms with van der Waals surface area (Å²) >= 11 is 0. The molecule has 0 aliphatic carbocycles. The predicted octanol–water partition coefficient (Wildman–Crippen LogP) is -0.0479. The van der Waals surface area contributed by atoms with Crippen molar-refractivity contribution in [3.8, 4) is 5.75 Å². The lowest BCUT2D eigenvalue weighted by Gasteiger charge is -2.16. The fraction of sp³-hybridized carbons (Fsp3) is 0.462. The highest BCUT2D eigenvalue weighted by atomic mass is 32.2. The van der Waals surface area contributed by atoms with Gasteiger partial charge in [0.2, 0.25) is 0 Å². The Morgan fingerprint density at radius 2 is 2.05 bits per heavy atom. The third kappa shape index (κ3) is 4.09. The standard InChI is InChI=1S/C13H19NO7S/c1-3-22(19,20)12-4-9(13(17)18)11(21-2)5-10(12)14-6-8(16)7-15/h4-5,8,14-16H,3,6-7H2,1-2H3,(H,17,18). The number of ether oxygens (including phenoxy) is 1. The molecule has 1 unspecified atom stereocenters. The number of carbonyl (C=O) groups is 1. The fourth-order valence-electron chi connectivity index (χ4n) is 1.74. The summed E-state index contributed by atoms with van der Waals surface area (Å²) in [6.07, 6.45) is -1.08. The third-order valence-electron chi connectivity index (χ3n) is 2.99. The number of hydrogen-bond acceptors (Lipinski definition) is 7. The SMILES string of the molecule is CCS(=O)(=O)c1cc(C(=O)O)c(OC)cc1NCC(O)CO. The van der Waals surface area contributed by atoms with E-state index >= 15 is 0 Å². The first-order valence-corrected chi connectivity index (χ1v) is 8.12. The summed E-state index contributed by atoms with van der Waals surface area (Å²) in [6, 6.07) is 2.27. The summed E-state index contributed by atoms with van der Waals surface area (Å²) in [5.41, 5.74) is -0.168. The van der Waals surface area contributed by atoms with Crippen LogP contribution in [0.4, 0.5) is 5.69 Å². The van der Waals surface area contributed by atoms with Crippen molar-refractivity contribution in [3.05, 3.63) is 17.7 Å². The maximum Gasteiger partial charge on any atom is 0.339 e. The van der Waals surface area contributed by atoms with Gasteiger partial charge in [0.25, 0.3) is 0 Å². The number of hydrogen-bond donors (Lipinski definition) is 4. The number of aromatic carboxylic acids is 1. The van der Waals surface area contributed by atoms with E-state index in [9.17, 15) is 18.3 Å². The number of benzene rings is 1. The molecule has 0 heterocycles. The number of carboxylic acid groups (broad SMARTS) is 1. The number of sulfone groups is 1. The zero-order valence-electron chi connectivity index (χ0n) is 12.2. The van der Waals surface area contributed by atoms with Crippen LogP contribution in [-0.2, 0) is 9.84 Å². The van der Waals surface area contributed by atoms with Gasteiger partial charge in [-0.25, -0.2) is 13.2 Å². The van der Waals surface area contributed by atoms with Gasteiger partial charge in [0.15, 0.2) is 9.84 Å². The molecule has 8 nitrogen and oxygen atoms in total. The van der Waals surface area contributed by atoms with Crippen molar-refractivity contribution < 1.29 is 33.3 Å². The van der Waals surface area contributed by atoms with Crippen molar-refractivity contribution in [2.45, 2.75) is 17.9 Å². The second kappa shape index (κ2) is 7.43. The quantitative estimate of drug-likeness (QED) is 0.520. The van der Waals surface area contributed by atoms with Crippen LogP contribution in [0, 0.1) is 0 Å². The molecule has 1 atom stereocenters. The molecule has 0 fully saturated rings. The van der Waals surface area contributed by atoms with E-state index in [0.29, 0.717) is 0 Å². The zero-order valence-corrected chi connectivity index (χ0v) is 13.1. The first kappa shape index (κ1) is 18.2. The van der Waals surface area contributed by atoms with Crippen LogP contribution in [0.15, 0.2) is 17.0 Å². The van der Waals surface area contributed by atoms with Crippen molar-refractivity contribution in [3.63, 3.8) is 0 Å². The molecule has 22 heavy (non-hydrogen) atoms. The maximum atomic E-state index is 12.1. The molecular formula is C13H19NO7S. The average Bonchev–Trinajstić information content (AvgIpc) is 2.51. The summed E-state index contributed by atoms with van der Waals surface area (Å²) < 4.78 is 29.2. The molecule has 1 aromatic carbocycles. The number of anilines is 1. The molecule has 4 N–H and O–H groups in total. The van der Waals surface area contributed by atoms with E-state index in [1.807, 2.05) is 0 Å². The fourth-order valence-corrected chi connectivity index (χ4v) is 2.81. The highest BCUT2D eigenvalue weighted by Crippen LogP contribution is 2.31. The topological polar surface area (TPSA) is 133 Å². The minimum atomic E-state index is -3.69. The lowest BCUT2D eigenvalue weighted by atomic mass is 10.1. The van der Waals surface area contributed by atoms with E-state index in [0.717, 1.165) is 6.07 Å². The van der Waals surface area contributed by atoms with Crippen LogP contribution in [0.25, 0.3) is 0 Å². The summed E-state index contributed by atoms with van der Waals surface area (Å²) in [6.45, 7) is 0.845. The van der Waals surface area contributed by atoms with Gasteiger partial charge in [-0.1, -0.05) is 6.92 Å². The summed E-state index contributed by atoms with van der Waals surface area (Å²) in [4.78, 5) is 11.0. The molecule has 0 aliphatic rings. The van der Waals surface area contributed by atoms with E-state index in [1.54, 1.807) is 0 Å². The molecule has 1 aromatic rings. The van der Waals surface area contributed by atoms with Crippen molar-refractivity contribution >= 4 is 21.5 Å². The Morgan fingerprint density at radius 3 is 2.50 bits per heavy atom.